The summed E-state index contributed by atoms with van der Waals surface area (Å²) in [6.45, 7) is 11.5. The van der Waals surface area contributed by atoms with Crippen molar-refractivity contribution in [3.63, 3.8) is 0 Å². The van der Waals surface area contributed by atoms with Gasteiger partial charge >= 0.3 is 11.9 Å². The van der Waals surface area contributed by atoms with E-state index in [0.717, 1.165) is 18.9 Å². The highest BCUT2D eigenvalue weighted by molar-refractivity contribution is 6.06. The Morgan fingerprint density at radius 2 is 1.33 bits per heavy atom. The Labute approximate surface area is 662 Å². The Balaban J connectivity index is 1.08. The molecule has 19 N–H and O–H groups in total. The number of nitrogens with two attached hydrogens (primary N) is 1. The number of carboxylic acid groups (broad SMARTS) is 1. The molecule has 634 valence electrons. The maximum atomic E-state index is 14.1. The first-order valence-electron chi connectivity index (χ1n) is 38.9. The number of fused-ring (bicyclic) bond motifs is 13. The van der Waals surface area contributed by atoms with Crippen LogP contribution in [0.4, 0.5) is 0 Å². The quantitative estimate of drug-likeness (QED) is 0.0282. The largest absolute Gasteiger partial charge is 0.479 e. The van der Waals surface area contributed by atoms with E-state index in [9.17, 15) is 103 Å². The van der Waals surface area contributed by atoms with Crippen molar-refractivity contribution in [3.05, 3.63) is 96.7 Å². The van der Waals surface area contributed by atoms with E-state index >= 15 is 0 Å². The molecule has 0 aliphatic carbocycles. The molecule has 7 heterocycles. The number of amides is 9. The molecule has 7 aliphatic rings. The van der Waals surface area contributed by atoms with Gasteiger partial charge in [-0.3, -0.25) is 47.9 Å². The lowest BCUT2D eigenvalue weighted by Gasteiger charge is -2.40. The van der Waals surface area contributed by atoms with E-state index in [1.807, 2.05) is 80.0 Å². The van der Waals surface area contributed by atoms with E-state index < -0.39 is 224 Å². The first-order chi connectivity index (χ1) is 53.9. The number of aliphatic carboxylic acids is 1. The molecule has 0 radical (unpaired) electrons. The molecule has 18 unspecified atom stereocenters. The fraction of sp³-hybridized carbons (Fsp3) is 0.646. The normalized spacial score (nSPS) is 35.2. The minimum absolute atomic E-state index is 0.0298. The molecule has 35 nitrogen and oxygen atoms in total. The van der Waals surface area contributed by atoms with Crippen molar-refractivity contribution in [2.45, 2.75) is 267 Å². The van der Waals surface area contributed by atoms with E-state index in [1.54, 1.807) is 35.7 Å². The average molecular weight is 1610 g/mol. The molecule has 0 aromatic heterocycles. The number of ether oxygens (including phenoxy) is 5. The minimum atomic E-state index is -2.63. The van der Waals surface area contributed by atoms with Gasteiger partial charge in [0.15, 0.2) is 18.0 Å². The Kier molecular flexibility index (Phi) is 37.6. The van der Waals surface area contributed by atoms with Crippen LogP contribution in [0.1, 0.15) is 133 Å². The van der Waals surface area contributed by atoms with Crippen LogP contribution in [0.5, 0.6) is 0 Å². The molecule has 7 rings (SSSR count). The Morgan fingerprint density at radius 3 is 2.02 bits per heavy atom. The summed E-state index contributed by atoms with van der Waals surface area (Å²) in [4.78, 5) is 161. The molecule has 4 saturated heterocycles. The van der Waals surface area contributed by atoms with Gasteiger partial charge in [-0.05, 0) is 82.8 Å². The number of unbranched alkanes of at least 4 members (excludes halogenated alkanes) is 1. The van der Waals surface area contributed by atoms with Crippen molar-refractivity contribution in [1.29, 1.82) is 0 Å². The number of carbonyl (C=O) groups excluding carboxylic acids is 11. The zero-order valence-electron chi connectivity index (χ0n) is 65.8. The van der Waals surface area contributed by atoms with Gasteiger partial charge in [0.2, 0.25) is 47.4 Å². The molecule has 4 fully saturated rings. The van der Waals surface area contributed by atoms with E-state index in [2.05, 4.69) is 33.5 Å². The van der Waals surface area contributed by atoms with Gasteiger partial charge in [-0.15, -0.1) is 0 Å². The molecule has 0 aromatic rings. The third-order valence-corrected chi connectivity index (χ3v) is 21.3. The first kappa shape index (κ1) is 94.1. The van der Waals surface area contributed by atoms with Crippen molar-refractivity contribution in [2.24, 2.45) is 41.2 Å². The highest BCUT2D eigenvalue weighted by Crippen LogP contribution is 2.39. The maximum absolute atomic E-state index is 14.1. The molecule has 35 heteroatoms. The second kappa shape index (κ2) is 45.5. The Hall–Kier alpha value is -8.72. The summed E-state index contributed by atoms with van der Waals surface area (Å²) in [7, 11) is 0. The van der Waals surface area contributed by atoms with Crippen LogP contribution in [0.2, 0.25) is 0 Å². The summed E-state index contributed by atoms with van der Waals surface area (Å²) in [6.07, 6.45) is 14.5. The topological polar surface area (TPSA) is 555 Å². The molecule has 7 bridgehead atoms. The van der Waals surface area contributed by atoms with Crippen molar-refractivity contribution < 1.29 is 127 Å². The number of Topliss-reactive ketones (excluding diaryl/α,β-unsaturated/α-hetero) is 1. The van der Waals surface area contributed by atoms with Crippen LogP contribution >= 0.6 is 0 Å². The van der Waals surface area contributed by atoms with Gasteiger partial charge in [0, 0.05) is 62.1 Å². The number of carbonyl (C=O) groups is 12. The van der Waals surface area contributed by atoms with Crippen molar-refractivity contribution in [1.82, 2.24) is 42.5 Å². The Morgan fingerprint density at radius 1 is 0.649 bits per heavy atom. The molecule has 9 amide bonds. The van der Waals surface area contributed by atoms with Crippen LogP contribution in [0.25, 0.3) is 0 Å². The number of aliphatic hydroxyl groups is 8. The van der Waals surface area contributed by atoms with Crippen molar-refractivity contribution >= 4 is 70.9 Å². The van der Waals surface area contributed by atoms with Crippen LogP contribution in [-0.2, 0) is 81.2 Å². The lowest BCUT2D eigenvalue weighted by molar-refractivity contribution is -0.175. The fourth-order valence-corrected chi connectivity index (χ4v) is 13.8. The van der Waals surface area contributed by atoms with Gasteiger partial charge in [0.25, 0.3) is 11.8 Å². The molecular formula is C79H117N9O26. The molecule has 0 saturated carbocycles. The van der Waals surface area contributed by atoms with Gasteiger partial charge in [-0.1, -0.05) is 127 Å². The van der Waals surface area contributed by atoms with Crippen LogP contribution in [0.3, 0.4) is 0 Å². The number of allylic oxidation sites excluding steroid dienone is 7. The number of rotatable bonds is 19. The number of primary amides is 1. The van der Waals surface area contributed by atoms with Gasteiger partial charge in [0.1, 0.15) is 60.8 Å². The summed E-state index contributed by atoms with van der Waals surface area (Å²) in [5.41, 5.74) is 5.94. The van der Waals surface area contributed by atoms with Crippen LogP contribution in [0, 0.1) is 35.5 Å². The summed E-state index contributed by atoms with van der Waals surface area (Å²) < 4.78 is 31.8. The van der Waals surface area contributed by atoms with Crippen LogP contribution in [0.15, 0.2) is 96.7 Å². The van der Waals surface area contributed by atoms with E-state index in [0.29, 0.717) is 44.9 Å². The summed E-state index contributed by atoms with van der Waals surface area (Å²) in [6, 6.07) is -11.9. The van der Waals surface area contributed by atoms with Crippen LogP contribution in [-0.4, -0.2) is 270 Å². The van der Waals surface area contributed by atoms with E-state index in [4.69, 9.17) is 29.4 Å². The van der Waals surface area contributed by atoms with E-state index in [-0.39, 0.29) is 55.0 Å². The summed E-state index contributed by atoms with van der Waals surface area (Å²) in [5, 5.41) is 114. The number of aliphatic hydroxyl groups excluding tert-OH is 8. The van der Waals surface area contributed by atoms with Gasteiger partial charge in [-0.2, -0.15) is 0 Å². The van der Waals surface area contributed by atoms with Gasteiger partial charge < -0.3 is 118 Å². The standard InChI is InChI=1S/C79H117N9O26/c1-39(2)48-33-53(93)50(38-89)85-74(103)49(84-78(107)66(79(108)109)88-75(104)54(94)37-82-76(105)64(46(9)90)86-77(106)65(87-73(48)102)68(98)69(99)71(80)100)36-81-72(101)42(5)45(8)83-62(95)28-20-19-22-40(3)32-41(4)70-58-31-30-47(110-70)23-15-11-10-12-16-24-51(91)67(97)61-34-52(92)43(6)55(112-61)26-21-27-56-44(7)59-35-60(111-56)57(113-59)25-17-13-14-18-29-63(96)114-58/h11,13-18,21,24-25,27,29-32,39-40,42-52,54-61,64-70,89-92,94,97-99H,10,12,19-20,22-23,26,28,33-38H2,1-9H3,(H2,80,100)(H,81,101)(H,82,105)(H,83,95)(H,84,107)(H,85,103)(H,86,106)(H,87,102)(H,88,104)(H,108,109)/b14-13-,15-11+,24-16+,25-17+,27-21+,29-18-,41-32+/t40-,42?,43-,44?,45?,46?,47?,48?,49?,50?,51+,52+,54?,55-,56+,57-,58?,59?,60?,61-,64?,65?,66?,67+,68?,69?,70?/m1/s1. The van der Waals surface area contributed by atoms with Gasteiger partial charge in [-0.25, -0.2) is 9.59 Å². The second-order valence-electron chi connectivity index (χ2n) is 30.6. The highest BCUT2D eigenvalue weighted by Gasteiger charge is 2.47. The smallest absolute Gasteiger partial charge is 0.336 e. The predicted molar refractivity (Wildman–Crippen MR) is 408 cm³/mol. The minimum Gasteiger partial charge on any atom is -0.479 e. The second-order valence-corrected chi connectivity index (χ2v) is 30.6. The number of carboxylic acids is 1. The molecule has 0 aromatic carbocycles. The zero-order chi connectivity index (χ0) is 84.4. The molecular weight excluding hydrogens is 1490 g/mol. The number of β-amino-alcohol motifs (C(OH)–C–C–N with tert-alkyl or cyclic N) is 1. The third kappa shape index (κ3) is 28.0. The lowest BCUT2D eigenvalue weighted by atomic mass is 9.85. The monoisotopic (exact) mass is 1610 g/mol. The zero-order valence-corrected chi connectivity index (χ0v) is 65.8. The number of hydrogen-bond acceptors (Lipinski definition) is 25. The third-order valence-electron chi connectivity index (χ3n) is 21.3. The van der Waals surface area contributed by atoms with Crippen LogP contribution < -0.4 is 48.3 Å². The molecule has 7 aliphatic heterocycles. The van der Waals surface area contributed by atoms with Gasteiger partial charge in [0.05, 0.1) is 67.9 Å². The van der Waals surface area contributed by atoms with E-state index in [1.165, 1.54) is 39.8 Å². The number of nitrogens with one attached hydrogen (secondary N) is 8. The van der Waals surface area contributed by atoms with Crippen molar-refractivity contribution in [2.75, 3.05) is 19.7 Å². The number of ketones is 1. The molecule has 27 atom stereocenters. The van der Waals surface area contributed by atoms with Crippen molar-refractivity contribution in [3.8, 4) is 0 Å². The SMILES string of the molecule is C/C(=C\[C@H](C)CCCCC(=O)NC(C)C(C)C(=O)NCC1NC(=O)C(C(=O)O)NC(=O)C(O)CNC(=O)C(C(C)O)NC(=O)C(C(O)C(O)C(N)=O)NC(=O)C(C(C)C)CC(=O)C(CO)NC1=O)C1OC2C=CC1OC(=O)\C=C/C=C\C=C\[C@H]1OC3CC1O[C@@H](/C=C/C[C@H]1O[C@H](C[C@H](O)[C@H]1C)[C@@H](O)[C@@H](O)/C=C/CC/C=C/C2)C3C. The summed E-state index contributed by atoms with van der Waals surface area (Å²) >= 11 is 0. The molecule has 0 spiro atoms. The fourth-order valence-electron chi connectivity index (χ4n) is 13.8. The maximum Gasteiger partial charge on any atom is 0.336 e. The first-order valence-corrected chi connectivity index (χ1v) is 38.9. The lowest BCUT2D eigenvalue weighted by Crippen LogP contribution is -2.64. The predicted octanol–water partition coefficient (Wildman–Crippen LogP) is -2.22. The number of esters is 1. The number of hydrogen-bond donors (Lipinski definition) is 18. The average Bonchev–Trinajstić information content (AvgIpc) is 1.61. The molecule has 114 heavy (non-hydrogen) atoms. The Bertz CT molecular complexity index is 3580. The summed E-state index contributed by atoms with van der Waals surface area (Å²) in [5.74, 6) is -19.0. The highest BCUT2D eigenvalue weighted by atomic mass is 16.6.